The summed E-state index contributed by atoms with van der Waals surface area (Å²) in [6.07, 6.45) is -3.58. The second kappa shape index (κ2) is 8.35. The van der Waals surface area contributed by atoms with Crippen molar-refractivity contribution < 1.29 is 35.1 Å². The molecule has 0 aliphatic carbocycles. The van der Waals surface area contributed by atoms with E-state index >= 15 is 0 Å². The molecule has 0 aliphatic heterocycles. The van der Waals surface area contributed by atoms with Crippen LogP contribution in [0.4, 0.5) is 13.2 Å². The molecule has 0 amide bonds. The summed E-state index contributed by atoms with van der Waals surface area (Å²) in [4.78, 5) is 6.46. The molecule has 0 bridgehead atoms. The average molecular weight is 519 g/mol. The number of alkyl halides is 3. The van der Waals surface area contributed by atoms with Crippen LogP contribution in [-0.2, 0) is 31.5 Å². The van der Waals surface area contributed by atoms with Crippen molar-refractivity contribution in [2.75, 3.05) is 12.5 Å². The standard InChI is InChI=1S/C22H25F3N2O5S2/c1-20(2,16-7-5-6-8-18(16)33(3,29)30)13-21(28,22(23,24)25)11-15-9-14-10-19(34(4,31)32)26-12-17(14)27-15/h5-10,12,27-28H,11,13H2,1-4H3. The number of hydrogen-bond acceptors (Lipinski definition) is 6. The lowest BCUT2D eigenvalue weighted by atomic mass is 9.73. The van der Waals surface area contributed by atoms with Crippen LogP contribution in [0, 0.1) is 0 Å². The third-order valence-corrected chi connectivity index (χ3v) is 7.81. The summed E-state index contributed by atoms with van der Waals surface area (Å²) in [5.74, 6) is 0. The summed E-state index contributed by atoms with van der Waals surface area (Å²) < 4.78 is 90.4. The van der Waals surface area contributed by atoms with Crippen LogP contribution < -0.4 is 0 Å². The number of sulfone groups is 2. The first-order valence-electron chi connectivity index (χ1n) is 10.1. The second-order valence-electron chi connectivity index (χ2n) is 9.21. The molecule has 1 atom stereocenters. The van der Waals surface area contributed by atoms with Gasteiger partial charge in [-0.1, -0.05) is 32.0 Å². The minimum Gasteiger partial charge on any atom is -0.380 e. The maximum absolute atomic E-state index is 14.2. The molecule has 0 saturated heterocycles. The Morgan fingerprint density at radius 1 is 1.00 bits per heavy atom. The zero-order chi connectivity index (χ0) is 25.7. The van der Waals surface area contributed by atoms with E-state index in [0.29, 0.717) is 10.9 Å². The number of rotatable bonds is 7. The number of benzene rings is 1. The van der Waals surface area contributed by atoms with Crippen molar-refractivity contribution in [3.63, 3.8) is 0 Å². The highest BCUT2D eigenvalue weighted by molar-refractivity contribution is 7.91. The molecule has 2 N–H and O–H groups in total. The maximum Gasteiger partial charge on any atom is 0.417 e. The lowest BCUT2D eigenvalue weighted by Gasteiger charge is -2.38. The Labute approximate surface area is 195 Å². The minimum absolute atomic E-state index is 0.0227. The van der Waals surface area contributed by atoms with Crippen LogP contribution in [-0.4, -0.2) is 56.2 Å². The number of fused-ring (bicyclic) bond motifs is 1. The molecule has 3 aromatic rings. The van der Waals surface area contributed by atoms with Gasteiger partial charge >= 0.3 is 6.18 Å². The molecule has 0 radical (unpaired) electrons. The van der Waals surface area contributed by atoms with E-state index in [1.807, 2.05) is 0 Å². The topological polar surface area (TPSA) is 117 Å². The Balaban J connectivity index is 2.04. The first-order chi connectivity index (χ1) is 15.3. The van der Waals surface area contributed by atoms with Crippen molar-refractivity contribution in [2.45, 2.75) is 53.8 Å². The highest BCUT2D eigenvalue weighted by atomic mass is 32.2. The van der Waals surface area contributed by atoms with Gasteiger partial charge in [-0.15, -0.1) is 0 Å². The zero-order valence-corrected chi connectivity index (χ0v) is 20.6. The van der Waals surface area contributed by atoms with E-state index in [4.69, 9.17) is 0 Å². The van der Waals surface area contributed by atoms with E-state index < -0.39 is 49.7 Å². The van der Waals surface area contributed by atoms with Gasteiger partial charge in [0, 0.05) is 30.0 Å². The fourth-order valence-corrected chi connectivity index (χ4v) is 5.78. The molecule has 34 heavy (non-hydrogen) atoms. The van der Waals surface area contributed by atoms with E-state index in [2.05, 4.69) is 9.97 Å². The maximum atomic E-state index is 14.2. The fourth-order valence-electron chi connectivity index (χ4n) is 4.12. The minimum atomic E-state index is -5.04. The predicted molar refractivity (Wildman–Crippen MR) is 121 cm³/mol. The molecule has 0 aliphatic rings. The quantitative estimate of drug-likeness (QED) is 0.494. The number of aromatic nitrogens is 2. The summed E-state index contributed by atoms with van der Waals surface area (Å²) >= 11 is 0. The molecular weight excluding hydrogens is 493 g/mol. The molecular formula is C22H25F3N2O5S2. The molecule has 1 unspecified atom stereocenters. The number of nitrogens with one attached hydrogen (secondary N) is 1. The Bertz CT molecular complexity index is 1440. The largest absolute Gasteiger partial charge is 0.417 e. The van der Waals surface area contributed by atoms with Crippen molar-refractivity contribution in [1.82, 2.24) is 9.97 Å². The lowest BCUT2D eigenvalue weighted by Crippen LogP contribution is -2.51. The van der Waals surface area contributed by atoms with Gasteiger partial charge in [0.1, 0.15) is 0 Å². The molecule has 186 valence electrons. The summed E-state index contributed by atoms with van der Waals surface area (Å²) in [5, 5.41) is 11.0. The van der Waals surface area contributed by atoms with Crippen molar-refractivity contribution in [2.24, 2.45) is 0 Å². The van der Waals surface area contributed by atoms with Crippen LogP contribution in [0.15, 0.2) is 52.5 Å². The van der Waals surface area contributed by atoms with Crippen LogP contribution in [0.25, 0.3) is 10.9 Å². The highest BCUT2D eigenvalue weighted by Gasteiger charge is 2.56. The third-order valence-electron chi connectivity index (χ3n) is 5.68. The number of aromatic amines is 1. The summed E-state index contributed by atoms with van der Waals surface area (Å²) in [7, 11) is -7.34. The van der Waals surface area contributed by atoms with Gasteiger partial charge in [-0.25, -0.2) is 21.8 Å². The molecule has 0 fully saturated rings. The smallest absolute Gasteiger partial charge is 0.380 e. The lowest BCUT2D eigenvalue weighted by molar-refractivity contribution is -0.266. The molecule has 1 aromatic carbocycles. The summed E-state index contributed by atoms with van der Waals surface area (Å²) in [6.45, 7) is 2.89. The van der Waals surface area contributed by atoms with E-state index in [1.165, 1.54) is 56.4 Å². The Hall–Kier alpha value is -2.44. The van der Waals surface area contributed by atoms with Crippen LogP contribution in [0.5, 0.6) is 0 Å². The van der Waals surface area contributed by atoms with Gasteiger partial charge in [0.25, 0.3) is 0 Å². The number of aliphatic hydroxyl groups is 1. The molecule has 2 heterocycles. The second-order valence-corrected chi connectivity index (χ2v) is 13.2. The van der Waals surface area contributed by atoms with Gasteiger partial charge in [-0.2, -0.15) is 13.2 Å². The molecule has 12 heteroatoms. The first-order valence-corrected chi connectivity index (χ1v) is 13.9. The summed E-state index contributed by atoms with van der Waals surface area (Å²) in [6, 6.07) is 8.35. The number of hydrogen-bond donors (Lipinski definition) is 2. The average Bonchev–Trinajstić information content (AvgIpc) is 3.06. The Morgan fingerprint density at radius 3 is 2.18 bits per heavy atom. The molecule has 0 saturated carbocycles. The fraction of sp³-hybridized carbons (Fsp3) is 0.409. The van der Waals surface area contributed by atoms with Crippen molar-refractivity contribution in [3.05, 3.63) is 53.9 Å². The van der Waals surface area contributed by atoms with E-state index in [-0.39, 0.29) is 21.2 Å². The van der Waals surface area contributed by atoms with E-state index in [9.17, 15) is 35.1 Å². The van der Waals surface area contributed by atoms with Gasteiger partial charge in [-0.05, 0) is 35.6 Å². The SMILES string of the molecule is CC(C)(CC(O)(Cc1cc2cc(S(C)(=O)=O)ncc2[nH]1)C(F)(F)F)c1ccccc1S(C)(=O)=O. The zero-order valence-electron chi connectivity index (χ0n) is 18.9. The monoisotopic (exact) mass is 518 g/mol. The normalized spacial score (nSPS) is 15.4. The van der Waals surface area contributed by atoms with Gasteiger partial charge in [0.2, 0.25) is 0 Å². The van der Waals surface area contributed by atoms with Crippen LogP contribution in [0.2, 0.25) is 0 Å². The van der Waals surface area contributed by atoms with Crippen molar-refractivity contribution in [3.8, 4) is 0 Å². The number of H-pyrrole nitrogens is 1. The molecule has 7 nitrogen and oxygen atoms in total. The van der Waals surface area contributed by atoms with Crippen LogP contribution in [0.1, 0.15) is 31.5 Å². The van der Waals surface area contributed by atoms with Crippen LogP contribution >= 0.6 is 0 Å². The summed E-state index contributed by atoms with van der Waals surface area (Å²) in [5.41, 5.74) is -4.09. The van der Waals surface area contributed by atoms with Crippen molar-refractivity contribution >= 4 is 30.6 Å². The van der Waals surface area contributed by atoms with Gasteiger partial charge in [0.05, 0.1) is 16.6 Å². The Kier molecular flexibility index (Phi) is 6.42. The molecule has 3 rings (SSSR count). The Morgan fingerprint density at radius 2 is 1.62 bits per heavy atom. The highest BCUT2D eigenvalue weighted by Crippen LogP contribution is 2.44. The van der Waals surface area contributed by atoms with Crippen molar-refractivity contribution in [1.29, 1.82) is 0 Å². The first kappa shape index (κ1) is 26.2. The predicted octanol–water partition coefficient (Wildman–Crippen LogP) is 3.57. The molecule has 2 aromatic heterocycles. The van der Waals surface area contributed by atoms with Gasteiger partial charge in [0.15, 0.2) is 30.3 Å². The van der Waals surface area contributed by atoms with Crippen LogP contribution in [0.3, 0.4) is 0 Å². The molecule has 0 spiro atoms. The van der Waals surface area contributed by atoms with E-state index in [0.717, 1.165) is 12.5 Å². The third kappa shape index (κ3) is 5.28. The number of nitrogens with zero attached hydrogens (tertiary/aromatic N) is 1. The van der Waals surface area contributed by atoms with E-state index in [1.54, 1.807) is 0 Å². The van der Waals surface area contributed by atoms with Gasteiger partial charge < -0.3 is 10.1 Å². The number of halogens is 3. The number of pyridine rings is 1. The van der Waals surface area contributed by atoms with Gasteiger partial charge in [-0.3, -0.25) is 0 Å².